The summed E-state index contributed by atoms with van der Waals surface area (Å²) in [5, 5.41) is 0. The third-order valence-corrected chi connectivity index (χ3v) is 5.78. The average molecular weight is 351 g/mol. The smallest absolute Gasteiger partial charge is 0.191 e. The van der Waals surface area contributed by atoms with E-state index < -0.39 is 0 Å². The molecule has 1 aliphatic rings. The maximum absolute atomic E-state index is 13.0. The summed E-state index contributed by atoms with van der Waals surface area (Å²) in [6.45, 7) is 8.14. The van der Waals surface area contributed by atoms with E-state index in [-0.39, 0.29) is 0 Å². The van der Waals surface area contributed by atoms with Crippen LogP contribution < -0.4 is 0 Å². The summed E-state index contributed by atoms with van der Waals surface area (Å²) >= 11 is 0. The van der Waals surface area contributed by atoms with Crippen LogP contribution in [-0.2, 0) is 17.8 Å². The van der Waals surface area contributed by atoms with Crippen LogP contribution in [-0.4, -0.2) is 29.9 Å². The van der Waals surface area contributed by atoms with Gasteiger partial charge < -0.3 is 4.48 Å². The maximum atomic E-state index is 13.0. The molecule has 0 aromatic heterocycles. The van der Waals surface area contributed by atoms with Crippen LogP contribution in [0.25, 0.3) is 0 Å². The zero-order valence-corrected chi connectivity index (χ0v) is 16.3. The van der Waals surface area contributed by atoms with E-state index in [9.17, 15) is 4.79 Å². The topological polar surface area (TPSA) is 17.1 Å². The molecule has 0 atom stereocenters. The molecule has 1 saturated heterocycles. The van der Waals surface area contributed by atoms with Crippen LogP contribution in [0.2, 0.25) is 0 Å². The molecule has 26 heavy (non-hydrogen) atoms. The number of benzene rings is 2. The Morgan fingerprint density at radius 2 is 1.62 bits per heavy atom. The number of ketones is 1. The first-order chi connectivity index (χ1) is 12.6. The minimum Gasteiger partial charge on any atom is -0.314 e. The number of Topliss-reactive ketones (excluding diaryl/α,β-unsaturated/α-hetero) is 1. The van der Waals surface area contributed by atoms with Crippen LogP contribution in [0.5, 0.6) is 0 Å². The van der Waals surface area contributed by atoms with E-state index in [4.69, 9.17) is 0 Å². The van der Waals surface area contributed by atoms with E-state index in [0.29, 0.717) is 18.7 Å². The monoisotopic (exact) mass is 350 g/mol. The van der Waals surface area contributed by atoms with Gasteiger partial charge in [-0.1, -0.05) is 54.1 Å². The molecule has 2 heteroatoms. The predicted octanol–water partition coefficient (Wildman–Crippen LogP) is 5.01. The second-order valence-electron chi connectivity index (χ2n) is 8.15. The molecule has 0 radical (unpaired) electrons. The van der Waals surface area contributed by atoms with Crippen LogP contribution in [0.15, 0.2) is 48.5 Å². The lowest BCUT2D eigenvalue weighted by molar-refractivity contribution is -0.932. The Labute approximate surface area is 158 Å². The van der Waals surface area contributed by atoms with Crippen molar-refractivity contribution >= 4 is 5.78 Å². The second-order valence-corrected chi connectivity index (χ2v) is 8.15. The lowest BCUT2D eigenvalue weighted by Gasteiger charge is -2.37. The van der Waals surface area contributed by atoms with Gasteiger partial charge in [-0.3, -0.25) is 4.79 Å². The van der Waals surface area contributed by atoms with Crippen LogP contribution >= 0.6 is 0 Å². The zero-order valence-electron chi connectivity index (χ0n) is 16.3. The molecule has 0 bridgehead atoms. The summed E-state index contributed by atoms with van der Waals surface area (Å²) in [5.74, 6) is 0.386. The maximum Gasteiger partial charge on any atom is 0.191 e. The van der Waals surface area contributed by atoms with Gasteiger partial charge in [0.2, 0.25) is 0 Å². The first kappa shape index (κ1) is 18.8. The zero-order chi connectivity index (χ0) is 18.4. The summed E-state index contributed by atoms with van der Waals surface area (Å²) in [7, 11) is 0. The Morgan fingerprint density at radius 1 is 0.923 bits per heavy atom. The number of likely N-dealkylation sites (tertiary alicyclic amines) is 1. The quantitative estimate of drug-likeness (QED) is 0.670. The van der Waals surface area contributed by atoms with Crippen molar-refractivity contribution in [1.82, 2.24) is 0 Å². The molecule has 3 rings (SSSR count). The number of carbonyl (C=O) groups is 1. The number of carbonyl (C=O) groups excluding carboxylic acids is 1. The molecule has 1 heterocycles. The van der Waals surface area contributed by atoms with E-state index in [2.05, 4.69) is 62.4 Å². The summed E-state index contributed by atoms with van der Waals surface area (Å²) in [6.07, 6.45) is 5.66. The molecule has 0 amide bonds. The number of hydrogen-bond acceptors (Lipinski definition) is 1. The third-order valence-electron chi connectivity index (χ3n) is 5.78. The third kappa shape index (κ3) is 5.04. The molecule has 0 aliphatic carbocycles. The van der Waals surface area contributed by atoms with Crippen LogP contribution in [0.4, 0.5) is 0 Å². The minimum atomic E-state index is 0.386. The molecule has 2 aromatic rings. The Bertz CT molecular complexity index is 727. The average Bonchev–Trinajstić information content (AvgIpc) is 2.84. The van der Waals surface area contributed by atoms with Crippen molar-refractivity contribution in [3.8, 4) is 0 Å². The minimum absolute atomic E-state index is 0.386. The summed E-state index contributed by atoms with van der Waals surface area (Å²) in [4.78, 5) is 13.0. The molecule has 1 aliphatic heterocycles. The number of aryl methyl sites for hydroxylation is 2. The van der Waals surface area contributed by atoms with Crippen molar-refractivity contribution in [2.24, 2.45) is 0 Å². The first-order valence-electron chi connectivity index (χ1n) is 10.0. The first-order valence-corrected chi connectivity index (χ1v) is 10.0. The standard InChI is InChI=1S/C24H32NO/c1-20-12-13-21(2)23(16-20)17-24(26)19-25(14-8-3-4-9-15-25)18-22-10-6-5-7-11-22/h5-7,10-13,16H,3-4,8-9,14-15,17-19H2,1-2H3/q+1. The number of rotatable bonds is 6. The number of hydrogen-bond donors (Lipinski definition) is 0. The Kier molecular flexibility index (Phi) is 6.26. The van der Waals surface area contributed by atoms with Crippen molar-refractivity contribution in [2.75, 3.05) is 19.6 Å². The highest BCUT2D eigenvalue weighted by molar-refractivity contribution is 5.82. The Morgan fingerprint density at radius 3 is 2.31 bits per heavy atom. The lowest BCUT2D eigenvalue weighted by atomic mass is 10.00. The predicted molar refractivity (Wildman–Crippen MR) is 108 cm³/mol. The van der Waals surface area contributed by atoms with Gasteiger partial charge in [-0.25, -0.2) is 0 Å². The van der Waals surface area contributed by atoms with Gasteiger partial charge in [0.1, 0.15) is 13.1 Å². The fraction of sp³-hybridized carbons (Fsp3) is 0.458. The molecule has 2 aromatic carbocycles. The summed E-state index contributed by atoms with van der Waals surface area (Å²) in [6, 6.07) is 17.2. The van der Waals surface area contributed by atoms with Crippen molar-refractivity contribution in [2.45, 2.75) is 52.5 Å². The van der Waals surface area contributed by atoms with Gasteiger partial charge in [-0.2, -0.15) is 0 Å². The van der Waals surface area contributed by atoms with E-state index in [1.807, 2.05) is 0 Å². The van der Waals surface area contributed by atoms with Gasteiger partial charge in [-0.05, 0) is 50.7 Å². The largest absolute Gasteiger partial charge is 0.314 e. The van der Waals surface area contributed by atoms with E-state index >= 15 is 0 Å². The van der Waals surface area contributed by atoms with Gasteiger partial charge in [0.15, 0.2) is 5.78 Å². The molecule has 2 nitrogen and oxygen atoms in total. The van der Waals surface area contributed by atoms with Crippen LogP contribution in [0, 0.1) is 13.8 Å². The van der Waals surface area contributed by atoms with Crippen molar-refractivity contribution in [3.63, 3.8) is 0 Å². The highest BCUT2D eigenvalue weighted by Crippen LogP contribution is 2.23. The van der Waals surface area contributed by atoms with Gasteiger partial charge in [0.05, 0.1) is 13.1 Å². The van der Waals surface area contributed by atoms with Crippen molar-refractivity contribution < 1.29 is 9.28 Å². The number of nitrogens with zero attached hydrogens (tertiary/aromatic N) is 1. The molecule has 1 fully saturated rings. The number of quaternary nitrogens is 1. The fourth-order valence-corrected chi connectivity index (χ4v) is 4.34. The Balaban J connectivity index is 1.76. The molecular formula is C24H32NO+. The molecular weight excluding hydrogens is 318 g/mol. The van der Waals surface area contributed by atoms with Crippen molar-refractivity contribution in [3.05, 3.63) is 70.8 Å². The highest BCUT2D eigenvalue weighted by Gasteiger charge is 2.31. The normalized spacial score (nSPS) is 16.8. The fourth-order valence-electron chi connectivity index (χ4n) is 4.34. The van der Waals surface area contributed by atoms with Gasteiger partial charge in [-0.15, -0.1) is 0 Å². The van der Waals surface area contributed by atoms with E-state index in [1.165, 1.54) is 47.9 Å². The molecule has 0 N–H and O–H groups in total. The summed E-state index contributed by atoms with van der Waals surface area (Å²) in [5.41, 5.74) is 5.02. The van der Waals surface area contributed by atoms with Crippen molar-refractivity contribution in [1.29, 1.82) is 0 Å². The lowest BCUT2D eigenvalue weighted by Crippen LogP contribution is -2.51. The summed E-state index contributed by atoms with van der Waals surface area (Å²) < 4.78 is 0.938. The SMILES string of the molecule is Cc1ccc(C)c(CC(=O)C[N+]2(Cc3ccccc3)CCCCCC2)c1. The molecule has 138 valence electrons. The van der Waals surface area contributed by atoms with Gasteiger partial charge in [0, 0.05) is 12.0 Å². The van der Waals surface area contributed by atoms with Gasteiger partial charge in [0.25, 0.3) is 0 Å². The van der Waals surface area contributed by atoms with Crippen LogP contribution in [0.3, 0.4) is 0 Å². The Hall–Kier alpha value is -1.93. The molecule has 0 unspecified atom stereocenters. The van der Waals surface area contributed by atoms with Crippen LogP contribution in [0.1, 0.15) is 47.9 Å². The second kappa shape index (κ2) is 8.64. The molecule has 0 saturated carbocycles. The van der Waals surface area contributed by atoms with E-state index in [1.54, 1.807) is 0 Å². The van der Waals surface area contributed by atoms with Gasteiger partial charge >= 0.3 is 0 Å². The molecule has 0 spiro atoms. The highest BCUT2D eigenvalue weighted by atomic mass is 16.1. The van der Waals surface area contributed by atoms with E-state index in [0.717, 1.165) is 24.1 Å².